The van der Waals surface area contributed by atoms with Crippen molar-refractivity contribution in [2.24, 2.45) is 0 Å². The minimum atomic E-state index is -0.467. The van der Waals surface area contributed by atoms with Crippen molar-refractivity contribution in [1.29, 1.82) is 0 Å². The molecule has 0 atom stereocenters. The number of likely N-dealkylation sites (tertiary alicyclic amines) is 1. The summed E-state index contributed by atoms with van der Waals surface area (Å²) in [5.41, 5.74) is 7.32. The van der Waals surface area contributed by atoms with Crippen LogP contribution in [-0.2, 0) is 11.3 Å². The summed E-state index contributed by atoms with van der Waals surface area (Å²) in [7, 11) is 1.52. The van der Waals surface area contributed by atoms with E-state index in [1.54, 1.807) is 36.4 Å². The number of amides is 3. The Morgan fingerprint density at radius 2 is 1.63 bits per heavy atom. The number of hydrogen-bond donors (Lipinski definition) is 4. The van der Waals surface area contributed by atoms with Crippen LogP contribution in [0.2, 0.25) is 0 Å². The lowest BCUT2D eigenvalue weighted by molar-refractivity contribution is 0.0587. The van der Waals surface area contributed by atoms with Gasteiger partial charge in [-0.3, -0.25) is 19.9 Å². The molecule has 0 aliphatic carbocycles. The number of carbonyl (C=O) groups is 3. The lowest BCUT2D eigenvalue weighted by Crippen LogP contribution is -2.42. The van der Waals surface area contributed by atoms with Gasteiger partial charge in [0.25, 0.3) is 11.8 Å². The van der Waals surface area contributed by atoms with Crippen LogP contribution >= 0.6 is 0 Å². The number of rotatable bonds is 13. The van der Waals surface area contributed by atoms with E-state index in [2.05, 4.69) is 21.0 Å². The zero-order valence-corrected chi connectivity index (χ0v) is 27.9. The van der Waals surface area contributed by atoms with Gasteiger partial charge in [0.05, 0.1) is 12.8 Å². The van der Waals surface area contributed by atoms with Crippen molar-refractivity contribution >= 4 is 23.6 Å². The van der Waals surface area contributed by atoms with Gasteiger partial charge in [-0.25, -0.2) is 10.2 Å². The highest BCUT2D eigenvalue weighted by molar-refractivity contribution is 5.99. The van der Waals surface area contributed by atoms with E-state index in [4.69, 9.17) is 9.47 Å². The van der Waals surface area contributed by atoms with Gasteiger partial charge in [-0.05, 0) is 55.7 Å². The van der Waals surface area contributed by atoms with Crippen LogP contribution in [0.4, 0.5) is 10.5 Å². The lowest BCUT2D eigenvalue weighted by Gasteiger charge is -2.31. The van der Waals surface area contributed by atoms with Crippen molar-refractivity contribution in [3.05, 3.63) is 114 Å². The Hall–Kier alpha value is -5.39. The van der Waals surface area contributed by atoms with E-state index in [0.29, 0.717) is 61.6 Å². The largest absolute Gasteiger partial charge is 0.508 e. The molecule has 0 unspecified atom stereocenters. The second-order valence-electron chi connectivity index (χ2n) is 11.7. The first-order chi connectivity index (χ1) is 23.8. The molecule has 4 aromatic carbocycles. The number of nitrogens with one attached hydrogen (secondary N) is 3. The van der Waals surface area contributed by atoms with Crippen LogP contribution in [0.5, 0.6) is 11.5 Å². The number of para-hydroxylation sites is 1. The SMILES string of the molecule is CCN(NCc1ccc(O)cc1OC)C(=O)c1cccc(C(=O)NCCN2CCC(OC(=O)Nc3ccccc3-c3ccccc3)CC2)c1. The summed E-state index contributed by atoms with van der Waals surface area (Å²) >= 11 is 0. The summed E-state index contributed by atoms with van der Waals surface area (Å²) in [5, 5.41) is 17.1. The van der Waals surface area contributed by atoms with Crippen LogP contribution in [0.3, 0.4) is 0 Å². The van der Waals surface area contributed by atoms with Crippen LogP contribution in [0.15, 0.2) is 97.1 Å². The quantitative estimate of drug-likeness (QED) is 0.134. The third-order valence-electron chi connectivity index (χ3n) is 8.43. The molecule has 49 heavy (non-hydrogen) atoms. The lowest BCUT2D eigenvalue weighted by atomic mass is 10.0. The maximum atomic E-state index is 13.3. The molecule has 0 spiro atoms. The minimum Gasteiger partial charge on any atom is -0.508 e. The fourth-order valence-corrected chi connectivity index (χ4v) is 5.77. The number of aromatic hydroxyl groups is 1. The molecule has 1 aliphatic heterocycles. The molecule has 1 aliphatic rings. The molecule has 0 bridgehead atoms. The molecule has 0 aromatic heterocycles. The fourth-order valence-electron chi connectivity index (χ4n) is 5.77. The summed E-state index contributed by atoms with van der Waals surface area (Å²) in [5.74, 6) is 0.0765. The van der Waals surface area contributed by atoms with Gasteiger partial charge in [-0.1, -0.05) is 60.7 Å². The number of hydrogen-bond acceptors (Lipinski definition) is 8. The van der Waals surface area contributed by atoms with E-state index in [1.807, 2.05) is 61.5 Å². The number of hydrazine groups is 1. The molecule has 1 heterocycles. The Morgan fingerprint density at radius 3 is 2.39 bits per heavy atom. The Kier molecular flexibility index (Phi) is 12.2. The van der Waals surface area contributed by atoms with Crippen molar-refractivity contribution in [2.75, 3.05) is 45.2 Å². The Balaban J connectivity index is 1.04. The molecular formula is C38H43N5O6. The Bertz CT molecular complexity index is 1720. The molecule has 5 rings (SSSR count). The van der Waals surface area contributed by atoms with E-state index >= 15 is 0 Å². The molecule has 3 amide bonds. The second kappa shape index (κ2) is 17.1. The molecule has 0 saturated carbocycles. The Morgan fingerprint density at radius 1 is 0.898 bits per heavy atom. The van der Waals surface area contributed by atoms with Gasteiger partial charge in [-0.15, -0.1) is 0 Å². The number of piperidine rings is 1. The van der Waals surface area contributed by atoms with Gasteiger partial charge in [0.15, 0.2) is 0 Å². The first kappa shape index (κ1) is 34.9. The van der Waals surface area contributed by atoms with E-state index in [9.17, 15) is 19.5 Å². The normalized spacial score (nSPS) is 13.3. The average Bonchev–Trinajstić information content (AvgIpc) is 3.13. The highest BCUT2D eigenvalue weighted by Crippen LogP contribution is 2.28. The second-order valence-corrected chi connectivity index (χ2v) is 11.7. The fraction of sp³-hybridized carbons (Fsp3) is 0.289. The van der Waals surface area contributed by atoms with Crippen LogP contribution < -0.4 is 20.8 Å². The predicted octanol–water partition coefficient (Wildman–Crippen LogP) is 5.68. The van der Waals surface area contributed by atoms with Crippen LogP contribution in [-0.4, -0.2) is 78.9 Å². The van der Waals surface area contributed by atoms with Crippen molar-refractivity contribution < 1.29 is 29.0 Å². The topological polar surface area (TPSA) is 132 Å². The van der Waals surface area contributed by atoms with Crippen molar-refractivity contribution in [3.63, 3.8) is 0 Å². The number of methoxy groups -OCH3 is 1. The van der Waals surface area contributed by atoms with Gasteiger partial charge in [-0.2, -0.15) is 0 Å². The summed E-state index contributed by atoms with van der Waals surface area (Å²) in [6.45, 7) is 5.14. The average molecular weight is 666 g/mol. The number of benzene rings is 4. The molecule has 0 radical (unpaired) electrons. The van der Waals surface area contributed by atoms with E-state index < -0.39 is 6.09 Å². The Labute approximate surface area is 286 Å². The zero-order chi connectivity index (χ0) is 34.6. The predicted molar refractivity (Wildman–Crippen MR) is 188 cm³/mol. The van der Waals surface area contributed by atoms with Crippen LogP contribution in [0.25, 0.3) is 11.1 Å². The molecule has 1 saturated heterocycles. The zero-order valence-electron chi connectivity index (χ0n) is 27.9. The van der Waals surface area contributed by atoms with Crippen molar-refractivity contribution in [1.82, 2.24) is 20.7 Å². The number of nitrogens with zero attached hydrogens (tertiary/aromatic N) is 2. The van der Waals surface area contributed by atoms with Gasteiger partial charge in [0, 0.05) is 67.6 Å². The molecule has 11 heteroatoms. The van der Waals surface area contributed by atoms with E-state index in [1.165, 1.54) is 18.2 Å². The minimum absolute atomic E-state index is 0.0945. The summed E-state index contributed by atoms with van der Waals surface area (Å²) in [6.07, 6.45) is 0.751. The van der Waals surface area contributed by atoms with Gasteiger partial charge >= 0.3 is 6.09 Å². The number of phenols is 1. The highest BCUT2D eigenvalue weighted by Gasteiger charge is 2.23. The van der Waals surface area contributed by atoms with Gasteiger partial charge in [0.1, 0.15) is 17.6 Å². The summed E-state index contributed by atoms with van der Waals surface area (Å²) < 4.78 is 11.1. The molecule has 4 N–H and O–H groups in total. The summed E-state index contributed by atoms with van der Waals surface area (Å²) in [4.78, 5) is 41.2. The van der Waals surface area contributed by atoms with Gasteiger partial charge in [0.2, 0.25) is 0 Å². The maximum Gasteiger partial charge on any atom is 0.411 e. The third-order valence-corrected chi connectivity index (χ3v) is 8.43. The van der Waals surface area contributed by atoms with E-state index in [0.717, 1.165) is 29.8 Å². The van der Waals surface area contributed by atoms with Crippen molar-refractivity contribution in [2.45, 2.75) is 32.4 Å². The van der Waals surface area contributed by atoms with Crippen molar-refractivity contribution in [3.8, 4) is 22.6 Å². The maximum absolute atomic E-state index is 13.3. The molecule has 256 valence electrons. The first-order valence-corrected chi connectivity index (χ1v) is 16.5. The smallest absolute Gasteiger partial charge is 0.411 e. The number of anilines is 1. The summed E-state index contributed by atoms with van der Waals surface area (Å²) in [6, 6.07) is 29.0. The molecule has 4 aromatic rings. The number of carbonyl (C=O) groups excluding carboxylic acids is 3. The molecular weight excluding hydrogens is 622 g/mol. The third kappa shape index (κ3) is 9.59. The number of ether oxygens (including phenoxy) is 2. The first-order valence-electron chi connectivity index (χ1n) is 16.5. The van der Waals surface area contributed by atoms with Gasteiger partial charge < -0.3 is 24.8 Å². The van der Waals surface area contributed by atoms with Crippen LogP contribution in [0, 0.1) is 0 Å². The molecule has 1 fully saturated rings. The van der Waals surface area contributed by atoms with E-state index in [-0.39, 0.29) is 23.7 Å². The number of phenolic OH excluding ortho intramolecular Hbond substituents is 1. The standard InChI is InChI=1S/C38H43N5O6/c1-3-43(40-26-30-16-17-31(44)25-35(30)48-2)37(46)29-13-9-12-28(24-29)36(45)39-20-23-42-21-18-32(19-22-42)49-38(47)41-34-15-8-7-14-33(34)27-10-5-4-6-11-27/h4-17,24-25,32,40,44H,3,18-23,26H2,1-2H3,(H,39,45)(H,41,47). The monoisotopic (exact) mass is 665 g/mol. The highest BCUT2D eigenvalue weighted by atomic mass is 16.6. The molecule has 11 nitrogen and oxygen atoms in total. The van der Waals surface area contributed by atoms with Crippen LogP contribution in [0.1, 0.15) is 46.0 Å².